The fourth-order valence-corrected chi connectivity index (χ4v) is 2.39. The van der Waals surface area contributed by atoms with Crippen molar-refractivity contribution in [3.63, 3.8) is 0 Å². The molecule has 0 radical (unpaired) electrons. The van der Waals surface area contributed by atoms with Crippen LogP contribution in [0.4, 0.5) is 11.8 Å². The molecule has 2 aromatic heterocycles. The molecule has 0 aliphatic carbocycles. The van der Waals surface area contributed by atoms with E-state index in [-0.39, 0.29) is 0 Å². The molecule has 104 valence electrons. The molecule has 1 saturated heterocycles. The third-order valence-electron chi connectivity index (χ3n) is 3.50. The molecule has 1 fully saturated rings. The number of hydrogen-bond donors (Lipinski definition) is 0. The van der Waals surface area contributed by atoms with Gasteiger partial charge >= 0.3 is 0 Å². The van der Waals surface area contributed by atoms with Gasteiger partial charge in [0.1, 0.15) is 12.1 Å². The molecule has 0 N–H and O–H groups in total. The van der Waals surface area contributed by atoms with Gasteiger partial charge in [0.05, 0.1) is 0 Å². The Morgan fingerprint density at radius 3 is 2.15 bits per heavy atom. The quantitative estimate of drug-likeness (QED) is 0.817. The molecular formula is C14H18N6. The average molecular weight is 270 g/mol. The predicted octanol–water partition coefficient (Wildman–Crippen LogP) is 1.21. The summed E-state index contributed by atoms with van der Waals surface area (Å²) < 4.78 is 0. The average Bonchev–Trinajstić information content (AvgIpc) is 2.49. The summed E-state index contributed by atoms with van der Waals surface area (Å²) in [7, 11) is 0. The maximum Gasteiger partial charge on any atom is 0.225 e. The van der Waals surface area contributed by atoms with Gasteiger partial charge in [0, 0.05) is 50.3 Å². The van der Waals surface area contributed by atoms with Gasteiger partial charge in [0.2, 0.25) is 5.95 Å². The molecule has 6 heteroatoms. The summed E-state index contributed by atoms with van der Waals surface area (Å²) in [6.07, 6.45) is 7.20. The third kappa shape index (κ3) is 2.54. The molecule has 0 aromatic carbocycles. The van der Waals surface area contributed by atoms with Crippen LogP contribution in [0.1, 0.15) is 11.1 Å². The molecule has 2 aromatic rings. The highest BCUT2D eigenvalue weighted by Gasteiger charge is 2.20. The van der Waals surface area contributed by atoms with Crippen LogP contribution in [0, 0.1) is 13.8 Å². The summed E-state index contributed by atoms with van der Waals surface area (Å²) in [5, 5.41) is 0. The van der Waals surface area contributed by atoms with Crippen LogP contribution in [0.25, 0.3) is 0 Å². The maximum atomic E-state index is 4.39. The third-order valence-corrected chi connectivity index (χ3v) is 3.50. The lowest BCUT2D eigenvalue weighted by atomic mass is 10.2. The summed E-state index contributed by atoms with van der Waals surface area (Å²) in [6, 6.07) is 0. The van der Waals surface area contributed by atoms with Crippen molar-refractivity contribution < 1.29 is 0 Å². The van der Waals surface area contributed by atoms with Gasteiger partial charge in [-0.3, -0.25) is 0 Å². The number of nitrogens with zero attached hydrogens (tertiary/aromatic N) is 6. The van der Waals surface area contributed by atoms with Crippen LogP contribution in [0.2, 0.25) is 0 Å². The lowest BCUT2D eigenvalue weighted by Gasteiger charge is -2.35. The Kier molecular flexibility index (Phi) is 3.45. The van der Waals surface area contributed by atoms with Crippen molar-refractivity contribution in [3.05, 3.63) is 36.0 Å². The SMILES string of the molecule is Cc1cnc(N2CCN(c3ncncc3C)CC2)nc1. The number of anilines is 2. The van der Waals surface area contributed by atoms with Crippen molar-refractivity contribution >= 4 is 11.8 Å². The maximum absolute atomic E-state index is 4.39. The molecule has 0 amide bonds. The van der Waals surface area contributed by atoms with Crippen LogP contribution in [0.5, 0.6) is 0 Å². The lowest BCUT2D eigenvalue weighted by molar-refractivity contribution is 0.632. The summed E-state index contributed by atoms with van der Waals surface area (Å²) in [6.45, 7) is 7.72. The van der Waals surface area contributed by atoms with Gasteiger partial charge in [-0.2, -0.15) is 0 Å². The van der Waals surface area contributed by atoms with E-state index < -0.39 is 0 Å². The number of hydrogen-bond acceptors (Lipinski definition) is 6. The highest BCUT2D eigenvalue weighted by Crippen LogP contribution is 2.18. The van der Waals surface area contributed by atoms with Crippen molar-refractivity contribution in [1.29, 1.82) is 0 Å². The van der Waals surface area contributed by atoms with Crippen LogP contribution in [0.15, 0.2) is 24.9 Å². The number of aromatic nitrogens is 4. The largest absolute Gasteiger partial charge is 0.353 e. The summed E-state index contributed by atoms with van der Waals surface area (Å²) in [5.74, 6) is 1.85. The van der Waals surface area contributed by atoms with Crippen LogP contribution >= 0.6 is 0 Å². The van der Waals surface area contributed by atoms with Gasteiger partial charge in [-0.1, -0.05) is 0 Å². The van der Waals surface area contributed by atoms with Gasteiger partial charge in [-0.05, 0) is 19.4 Å². The Morgan fingerprint density at radius 1 is 0.850 bits per heavy atom. The lowest BCUT2D eigenvalue weighted by Crippen LogP contribution is -2.47. The predicted molar refractivity (Wildman–Crippen MR) is 78.0 cm³/mol. The summed E-state index contributed by atoms with van der Waals surface area (Å²) in [4.78, 5) is 21.7. The van der Waals surface area contributed by atoms with E-state index in [9.17, 15) is 0 Å². The van der Waals surface area contributed by atoms with Gasteiger partial charge in [0.15, 0.2) is 0 Å². The second-order valence-corrected chi connectivity index (χ2v) is 5.06. The van der Waals surface area contributed by atoms with E-state index in [1.165, 1.54) is 0 Å². The molecule has 0 unspecified atom stereocenters. The van der Waals surface area contributed by atoms with E-state index in [1.54, 1.807) is 6.33 Å². The second kappa shape index (κ2) is 5.40. The molecular weight excluding hydrogens is 252 g/mol. The van der Waals surface area contributed by atoms with Crippen LogP contribution in [-0.2, 0) is 0 Å². The molecule has 1 aliphatic heterocycles. The molecule has 0 saturated carbocycles. The standard InChI is InChI=1S/C14H18N6/c1-11-7-16-14(17-8-11)20-5-3-19(4-6-20)13-12(2)9-15-10-18-13/h7-10H,3-6H2,1-2H3. The number of rotatable bonds is 2. The molecule has 6 nitrogen and oxygen atoms in total. The Balaban J connectivity index is 1.68. The first-order valence-electron chi connectivity index (χ1n) is 6.79. The van der Waals surface area contributed by atoms with Crippen LogP contribution in [-0.4, -0.2) is 46.1 Å². The smallest absolute Gasteiger partial charge is 0.225 e. The van der Waals surface area contributed by atoms with Crippen molar-refractivity contribution in [2.24, 2.45) is 0 Å². The minimum atomic E-state index is 0.814. The second-order valence-electron chi connectivity index (χ2n) is 5.06. The van der Waals surface area contributed by atoms with Gasteiger partial charge in [0.25, 0.3) is 0 Å². The van der Waals surface area contributed by atoms with Crippen LogP contribution < -0.4 is 9.80 Å². The number of aryl methyl sites for hydroxylation is 2. The Labute approximate surface area is 118 Å². The van der Waals surface area contributed by atoms with Gasteiger partial charge < -0.3 is 9.80 Å². The Hall–Kier alpha value is -2.24. The van der Waals surface area contributed by atoms with Crippen molar-refractivity contribution in [3.8, 4) is 0 Å². The van der Waals surface area contributed by atoms with E-state index in [0.717, 1.165) is 49.1 Å². The first-order valence-corrected chi connectivity index (χ1v) is 6.79. The van der Waals surface area contributed by atoms with E-state index in [1.807, 2.05) is 32.4 Å². The minimum Gasteiger partial charge on any atom is -0.353 e. The van der Waals surface area contributed by atoms with E-state index in [4.69, 9.17) is 0 Å². The highest BCUT2D eigenvalue weighted by atomic mass is 15.3. The van der Waals surface area contributed by atoms with Gasteiger partial charge in [-0.15, -0.1) is 0 Å². The van der Waals surface area contributed by atoms with Crippen molar-refractivity contribution in [1.82, 2.24) is 19.9 Å². The Bertz CT molecular complexity index is 574. The monoisotopic (exact) mass is 270 g/mol. The zero-order valence-corrected chi connectivity index (χ0v) is 11.8. The molecule has 0 bridgehead atoms. The summed E-state index contributed by atoms with van der Waals surface area (Å²) >= 11 is 0. The fraction of sp³-hybridized carbons (Fsp3) is 0.429. The van der Waals surface area contributed by atoms with Crippen molar-refractivity contribution in [2.45, 2.75) is 13.8 Å². The molecule has 20 heavy (non-hydrogen) atoms. The molecule has 3 rings (SSSR count). The normalized spacial score (nSPS) is 15.5. The Morgan fingerprint density at radius 2 is 1.50 bits per heavy atom. The van der Waals surface area contributed by atoms with E-state index in [2.05, 4.69) is 29.7 Å². The van der Waals surface area contributed by atoms with Gasteiger partial charge in [-0.25, -0.2) is 19.9 Å². The molecule has 0 spiro atoms. The molecule has 3 heterocycles. The van der Waals surface area contributed by atoms with E-state index in [0.29, 0.717) is 0 Å². The molecule has 0 atom stereocenters. The fourth-order valence-electron chi connectivity index (χ4n) is 2.39. The first kappa shape index (κ1) is 12.8. The van der Waals surface area contributed by atoms with E-state index >= 15 is 0 Å². The zero-order chi connectivity index (χ0) is 13.9. The summed E-state index contributed by atoms with van der Waals surface area (Å²) in [5.41, 5.74) is 2.21. The first-order chi connectivity index (χ1) is 9.74. The number of piperazine rings is 1. The zero-order valence-electron chi connectivity index (χ0n) is 11.8. The minimum absolute atomic E-state index is 0.814. The van der Waals surface area contributed by atoms with Crippen LogP contribution in [0.3, 0.4) is 0 Å². The highest BCUT2D eigenvalue weighted by molar-refractivity contribution is 5.46. The van der Waals surface area contributed by atoms with Crippen molar-refractivity contribution in [2.75, 3.05) is 36.0 Å². The molecule has 1 aliphatic rings. The topological polar surface area (TPSA) is 58.0 Å².